The van der Waals surface area contributed by atoms with Crippen LogP contribution >= 0.6 is 12.6 Å². The minimum Gasteiger partial charge on any atom is -0.267 e. The van der Waals surface area contributed by atoms with Crippen LogP contribution in [-0.2, 0) is 12.8 Å². The van der Waals surface area contributed by atoms with Crippen LogP contribution in [0.25, 0.3) is 11.3 Å². The third kappa shape index (κ3) is 2.65. The van der Waals surface area contributed by atoms with Crippen molar-refractivity contribution in [3.63, 3.8) is 0 Å². The van der Waals surface area contributed by atoms with Gasteiger partial charge >= 0.3 is 0 Å². The van der Waals surface area contributed by atoms with Crippen LogP contribution in [0.5, 0.6) is 0 Å². The maximum absolute atomic E-state index is 11.7. The van der Waals surface area contributed by atoms with Gasteiger partial charge in [0, 0.05) is 36.1 Å². The number of nitro benzene ring substituents is 1. The highest BCUT2D eigenvalue weighted by atomic mass is 32.1. The molecule has 0 unspecified atom stereocenters. The molecule has 7 heteroatoms. The molecule has 0 aliphatic rings. The van der Waals surface area contributed by atoms with Crippen molar-refractivity contribution in [2.45, 2.75) is 5.75 Å². The van der Waals surface area contributed by atoms with E-state index in [2.05, 4.69) is 17.7 Å². The smallest absolute Gasteiger partial charge is 0.267 e. The topological polar surface area (TPSA) is 78.0 Å². The van der Waals surface area contributed by atoms with Gasteiger partial charge in [0.15, 0.2) is 0 Å². The Morgan fingerprint density at radius 2 is 2.16 bits per heavy atom. The van der Waals surface area contributed by atoms with Gasteiger partial charge in [0.05, 0.1) is 10.6 Å². The average molecular weight is 277 g/mol. The first kappa shape index (κ1) is 13.3. The first-order chi connectivity index (χ1) is 9.02. The molecule has 0 N–H and O–H groups in total. The molecule has 0 saturated heterocycles. The van der Waals surface area contributed by atoms with Crippen LogP contribution in [0.1, 0.15) is 5.56 Å². The van der Waals surface area contributed by atoms with E-state index in [1.54, 1.807) is 18.2 Å². The van der Waals surface area contributed by atoms with E-state index in [1.807, 2.05) is 0 Å². The highest BCUT2D eigenvalue weighted by Crippen LogP contribution is 2.22. The van der Waals surface area contributed by atoms with Gasteiger partial charge in [-0.1, -0.05) is 12.1 Å². The summed E-state index contributed by atoms with van der Waals surface area (Å²) < 4.78 is 1.21. The van der Waals surface area contributed by atoms with Crippen LogP contribution in [0, 0.1) is 10.1 Å². The predicted octanol–water partition coefficient (Wildman–Crippen LogP) is 1.79. The van der Waals surface area contributed by atoms with Crippen LogP contribution in [0.4, 0.5) is 5.69 Å². The third-order valence-electron chi connectivity index (χ3n) is 2.66. The van der Waals surface area contributed by atoms with Crippen LogP contribution in [-0.4, -0.2) is 14.7 Å². The predicted molar refractivity (Wildman–Crippen MR) is 74.3 cm³/mol. The summed E-state index contributed by atoms with van der Waals surface area (Å²) >= 11 is 4.09. The minimum atomic E-state index is -0.467. The monoisotopic (exact) mass is 277 g/mol. The summed E-state index contributed by atoms with van der Waals surface area (Å²) in [4.78, 5) is 22.0. The number of nitro groups is 1. The molecular formula is C12H11N3O3S. The van der Waals surface area contributed by atoms with Crippen molar-refractivity contribution >= 4 is 18.3 Å². The fraction of sp³-hybridized carbons (Fsp3) is 0.167. The third-order valence-corrected chi connectivity index (χ3v) is 3.00. The van der Waals surface area contributed by atoms with Gasteiger partial charge in [-0.25, -0.2) is 4.68 Å². The Labute approximate surface area is 114 Å². The van der Waals surface area contributed by atoms with E-state index >= 15 is 0 Å². The Kier molecular flexibility index (Phi) is 3.66. The number of thiol groups is 1. The molecule has 0 amide bonds. The van der Waals surface area contributed by atoms with Gasteiger partial charge in [0.2, 0.25) is 0 Å². The van der Waals surface area contributed by atoms with Crippen molar-refractivity contribution in [3.05, 3.63) is 56.4 Å². The lowest BCUT2D eigenvalue weighted by Gasteiger charge is -2.05. The van der Waals surface area contributed by atoms with Gasteiger partial charge in [-0.05, 0) is 6.07 Å². The number of hydrogen-bond acceptors (Lipinski definition) is 5. The fourth-order valence-electron chi connectivity index (χ4n) is 1.70. The van der Waals surface area contributed by atoms with E-state index in [0.29, 0.717) is 16.8 Å². The molecule has 0 saturated carbocycles. The van der Waals surface area contributed by atoms with Crippen molar-refractivity contribution < 1.29 is 4.92 Å². The molecule has 2 aromatic rings. The lowest BCUT2D eigenvalue weighted by Crippen LogP contribution is -2.23. The van der Waals surface area contributed by atoms with E-state index < -0.39 is 4.92 Å². The standard InChI is InChI=1S/C12H11N3O3S/c1-14-12(16)9(7-19)6-11(13-14)8-3-2-4-10(5-8)15(17)18/h2-6,19H,7H2,1H3. The average Bonchev–Trinajstić information content (AvgIpc) is 2.41. The van der Waals surface area contributed by atoms with E-state index in [9.17, 15) is 14.9 Å². The first-order valence-electron chi connectivity index (χ1n) is 5.46. The zero-order valence-electron chi connectivity index (χ0n) is 10.1. The number of nitrogens with zero attached hydrogens (tertiary/aromatic N) is 3. The Hall–Kier alpha value is -2.15. The van der Waals surface area contributed by atoms with Crippen molar-refractivity contribution in [3.8, 4) is 11.3 Å². The maximum Gasteiger partial charge on any atom is 0.270 e. The fourth-order valence-corrected chi connectivity index (χ4v) is 1.93. The lowest BCUT2D eigenvalue weighted by molar-refractivity contribution is -0.384. The van der Waals surface area contributed by atoms with E-state index in [-0.39, 0.29) is 17.0 Å². The molecule has 0 radical (unpaired) electrons. The second-order valence-corrected chi connectivity index (χ2v) is 4.27. The minimum absolute atomic E-state index is 0.0134. The second kappa shape index (κ2) is 5.23. The Bertz CT molecular complexity index is 697. The number of non-ortho nitro benzene ring substituents is 1. The maximum atomic E-state index is 11.7. The number of benzene rings is 1. The number of hydrogen-bond donors (Lipinski definition) is 1. The Morgan fingerprint density at radius 3 is 2.79 bits per heavy atom. The van der Waals surface area contributed by atoms with Gasteiger partial charge in [-0.2, -0.15) is 17.7 Å². The zero-order chi connectivity index (χ0) is 14.0. The summed E-state index contributed by atoms with van der Waals surface area (Å²) in [5, 5.41) is 14.8. The normalized spacial score (nSPS) is 10.4. The molecule has 1 aromatic carbocycles. The molecule has 6 nitrogen and oxygen atoms in total. The van der Waals surface area contributed by atoms with Crippen molar-refractivity contribution in [2.75, 3.05) is 0 Å². The molecule has 0 bridgehead atoms. The number of rotatable bonds is 3. The summed E-state index contributed by atoms with van der Waals surface area (Å²) in [5.74, 6) is 0.289. The van der Waals surface area contributed by atoms with E-state index in [0.717, 1.165) is 0 Å². The summed E-state index contributed by atoms with van der Waals surface area (Å²) in [6.45, 7) is 0. The lowest BCUT2D eigenvalue weighted by atomic mass is 10.1. The number of aromatic nitrogens is 2. The van der Waals surface area contributed by atoms with Gasteiger partial charge < -0.3 is 0 Å². The number of aryl methyl sites for hydroxylation is 1. The van der Waals surface area contributed by atoms with Gasteiger partial charge in [0.25, 0.3) is 11.2 Å². The van der Waals surface area contributed by atoms with Gasteiger partial charge in [-0.15, -0.1) is 0 Å². The molecule has 19 heavy (non-hydrogen) atoms. The van der Waals surface area contributed by atoms with Crippen LogP contribution < -0.4 is 5.56 Å². The summed E-state index contributed by atoms with van der Waals surface area (Å²) in [6.07, 6.45) is 0. The van der Waals surface area contributed by atoms with Crippen LogP contribution in [0.15, 0.2) is 35.1 Å². The highest BCUT2D eigenvalue weighted by Gasteiger charge is 2.10. The molecule has 0 aliphatic carbocycles. The Balaban J connectivity index is 2.59. The molecular weight excluding hydrogens is 266 g/mol. The molecule has 0 spiro atoms. The Morgan fingerprint density at radius 1 is 1.42 bits per heavy atom. The molecule has 0 atom stereocenters. The largest absolute Gasteiger partial charge is 0.270 e. The first-order valence-corrected chi connectivity index (χ1v) is 6.09. The zero-order valence-corrected chi connectivity index (χ0v) is 11.0. The van der Waals surface area contributed by atoms with Crippen LogP contribution in [0.3, 0.4) is 0 Å². The van der Waals surface area contributed by atoms with Crippen molar-refractivity contribution in [1.29, 1.82) is 0 Å². The van der Waals surface area contributed by atoms with Crippen LogP contribution in [0.2, 0.25) is 0 Å². The summed E-state index contributed by atoms with van der Waals surface area (Å²) in [5.41, 5.74) is 1.37. The molecule has 0 aliphatic heterocycles. The SMILES string of the molecule is Cn1nc(-c2cccc([N+](=O)[O-])c2)cc(CS)c1=O. The van der Waals surface area contributed by atoms with Crippen molar-refractivity contribution in [1.82, 2.24) is 9.78 Å². The van der Waals surface area contributed by atoms with Gasteiger partial charge in [-0.3, -0.25) is 14.9 Å². The van der Waals surface area contributed by atoms with E-state index in [4.69, 9.17) is 0 Å². The molecule has 0 fully saturated rings. The second-order valence-electron chi connectivity index (χ2n) is 3.95. The van der Waals surface area contributed by atoms with Crippen molar-refractivity contribution in [2.24, 2.45) is 7.05 Å². The van der Waals surface area contributed by atoms with E-state index in [1.165, 1.54) is 23.9 Å². The summed E-state index contributed by atoms with van der Waals surface area (Å²) in [6, 6.07) is 7.73. The highest BCUT2D eigenvalue weighted by molar-refractivity contribution is 7.79. The quantitative estimate of drug-likeness (QED) is 0.527. The summed E-state index contributed by atoms with van der Waals surface area (Å²) in [7, 11) is 1.54. The molecule has 2 rings (SSSR count). The molecule has 1 heterocycles. The molecule has 98 valence electrons. The molecule has 1 aromatic heterocycles. The van der Waals surface area contributed by atoms with Gasteiger partial charge in [0.1, 0.15) is 0 Å².